The van der Waals surface area contributed by atoms with E-state index >= 15 is 0 Å². The number of rotatable bonds is 1. The van der Waals surface area contributed by atoms with E-state index in [2.05, 4.69) is 0 Å². The normalized spacial score (nSPS) is 32.9. The molecule has 1 fully saturated rings. The van der Waals surface area contributed by atoms with E-state index in [9.17, 15) is 8.78 Å². The number of halogens is 2. The second-order valence-electron chi connectivity index (χ2n) is 3.94. The SMILES string of the molecule is F[C@@H]1CCCC[C@@]1(F)c1ccccc1. The molecule has 0 amide bonds. The lowest BCUT2D eigenvalue weighted by Gasteiger charge is -2.33. The van der Waals surface area contributed by atoms with Crippen LogP contribution >= 0.6 is 0 Å². The quantitative estimate of drug-likeness (QED) is 0.641. The van der Waals surface area contributed by atoms with Crippen molar-refractivity contribution in [1.82, 2.24) is 0 Å². The molecule has 0 heterocycles. The Bertz CT molecular complexity index is 296. The van der Waals surface area contributed by atoms with Gasteiger partial charge in [0, 0.05) is 0 Å². The average molecular weight is 196 g/mol. The van der Waals surface area contributed by atoms with E-state index in [-0.39, 0.29) is 0 Å². The fraction of sp³-hybridized carbons (Fsp3) is 0.500. The zero-order valence-corrected chi connectivity index (χ0v) is 8.05. The lowest BCUT2D eigenvalue weighted by atomic mass is 9.80. The zero-order chi connectivity index (χ0) is 10.0. The Morgan fingerprint density at radius 2 is 1.86 bits per heavy atom. The first-order chi connectivity index (χ1) is 6.73. The van der Waals surface area contributed by atoms with Gasteiger partial charge in [-0.15, -0.1) is 0 Å². The highest BCUT2D eigenvalue weighted by atomic mass is 19.2. The van der Waals surface area contributed by atoms with Crippen LogP contribution in [-0.4, -0.2) is 6.17 Å². The molecule has 1 aliphatic rings. The van der Waals surface area contributed by atoms with Crippen molar-refractivity contribution >= 4 is 0 Å². The number of alkyl halides is 2. The summed E-state index contributed by atoms with van der Waals surface area (Å²) in [5, 5.41) is 0. The Labute approximate surface area is 82.9 Å². The van der Waals surface area contributed by atoms with Crippen LogP contribution in [0, 0.1) is 0 Å². The van der Waals surface area contributed by atoms with Crippen LogP contribution in [0.25, 0.3) is 0 Å². The van der Waals surface area contributed by atoms with E-state index in [4.69, 9.17) is 0 Å². The Morgan fingerprint density at radius 1 is 1.14 bits per heavy atom. The molecular weight excluding hydrogens is 182 g/mol. The van der Waals surface area contributed by atoms with Gasteiger partial charge in [0.2, 0.25) is 0 Å². The molecule has 2 atom stereocenters. The minimum atomic E-state index is -1.74. The van der Waals surface area contributed by atoms with Gasteiger partial charge in [0.05, 0.1) is 0 Å². The molecule has 2 heteroatoms. The molecule has 0 unspecified atom stereocenters. The molecule has 0 saturated heterocycles. The monoisotopic (exact) mass is 196 g/mol. The Kier molecular flexibility index (Phi) is 2.53. The summed E-state index contributed by atoms with van der Waals surface area (Å²) in [7, 11) is 0. The van der Waals surface area contributed by atoms with Crippen molar-refractivity contribution in [2.75, 3.05) is 0 Å². The van der Waals surface area contributed by atoms with Gasteiger partial charge < -0.3 is 0 Å². The largest absolute Gasteiger partial charge is 0.244 e. The van der Waals surface area contributed by atoms with Crippen molar-refractivity contribution in [2.24, 2.45) is 0 Å². The van der Waals surface area contributed by atoms with Crippen molar-refractivity contribution in [3.63, 3.8) is 0 Å². The van der Waals surface area contributed by atoms with Crippen molar-refractivity contribution in [3.05, 3.63) is 35.9 Å². The molecular formula is C12H14F2. The Balaban J connectivity index is 2.30. The zero-order valence-electron chi connectivity index (χ0n) is 8.05. The minimum Gasteiger partial charge on any atom is -0.244 e. The molecule has 0 aliphatic heterocycles. The van der Waals surface area contributed by atoms with Crippen molar-refractivity contribution in [1.29, 1.82) is 0 Å². The van der Waals surface area contributed by atoms with Gasteiger partial charge in [-0.1, -0.05) is 36.8 Å². The summed E-state index contributed by atoms with van der Waals surface area (Å²) in [4.78, 5) is 0. The summed E-state index contributed by atoms with van der Waals surface area (Å²) in [5.74, 6) is 0. The van der Waals surface area contributed by atoms with Crippen LogP contribution in [0.4, 0.5) is 8.78 Å². The second kappa shape index (κ2) is 3.68. The molecule has 76 valence electrons. The predicted molar refractivity (Wildman–Crippen MR) is 52.6 cm³/mol. The molecule has 0 aromatic heterocycles. The van der Waals surface area contributed by atoms with E-state index in [1.165, 1.54) is 0 Å². The second-order valence-corrected chi connectivity index (χ2v) is 3.94. The van der Waals surface area contributed by atoms with Gasteiger partial charge in [-0.3, -0.25) is 0 Å². The Hall–Kier alpha value is -0.920. The van der Waals surface area contributed by atoms with Gasteiger partial charge in [0.1, 0.15) is 6.17 Å². The first-order valence-corrected chi connectivity index (χ1v) is 5.12. The minimum absolute atomic E-state index is 0.318. The van der Waals surface area contributed by atoms with Crippen molar-refractivity contribution in [3.8, 4) is 0 Å². The molecule has 1 aromatic carbocycles. The van der Waals surface area contributed by atoms with Gasteiger partial charge in [0.15, 0.2) is 5.67 Å². The average Bonchev–Trinajstić information content (AvgIpc) is 2.24. The topological polar surface area (TPSA) is 0 Å². The van der Waals surface area contributed by atoms with Crippen molar-refractivity contribution < 1.29 is 8.78 Å². The van der Waals surface area contributed by atoms with E-state index in [0.717, 1.165) is 12.8 Å². The third-order valence-corrected chi connectivity index (χ3v) is 3.00. The molecule has 0 nitrogen and oxygen atoms in total. The van der Waals surface area contributed by atoms with Gasteiger partial charge in [-0.25, -0.2) is 8.78 Å². The van der Waals surface area contributed by atoms with Crippen LogP contribution in [0.2, 0.25) is 0 Å². The number of hydrogen-bond donors (Lipinski definition) is 0. The lowest BCUT2D eigenvalue weighted by molar-refractivity contribution is 0.00864. The first kappa shape index (κ1) is 9.63. The summed E-state index contributed by atoms with van der Waals surface area (Å²) in [5.41, 5.74) is -1.24. The molecule has 0 spiro atoms. The number of benzene rings is 1. The van der Waals surface area contributed by atoms with Crippen LogP contribution in [0.3, 0.4) is 0 Å². The van der Waals surface area contributed by atoms with E-state index in [0.29, 0.717) is 18.4 Å². The fourth-order valence-corrected chi connectivity index (χ4v) is 2.13. The molecule has 2 rings (SSSR count). The first-order valence-electron chi connectivity index (χ1n) is 5.12. The maximum Gasteiger partial charge on any atom is 0.166 e. The van der Waals surface area contributed by atoms with Gasteiger partial charge >= 0.3 is 0 Å². The summed E-state index contributed by atoms with van der Waals surface area (Å²) < 4.78 is 27.9. The number of hydrogen-bond acceptors (Lipinski definition) is 0. The third kappa shape index (κ3) is 1.54. The standard InChI is InChI=1S/C12H14F2/c13-11-8-4-5-9-12(11,14)10-6-2-1-3-7-10/h1-3,6-7,11H,4-5,8-9H2/t11-,12-/m1/s1. The lowest BCUT2D eigenvalue weighted by Crippen LogP contribution is -2.35. The van der Waals surface area contributed by atoms with Gasteiger partial charge in [0.25, 0.3) is 0 Å². The smallest absolute Gasteiger partial charge is 0.166 e. The highest BCUT2D eigenvalue weighted by molar-refractivity contribution is 5.24. The van der Waals surface area contributed by atoms with E-state index < -0.39 is 11.8 Å². The van der Waals surface area contributed by atoms with Crippen LogP contribution < -0.4 is 0 Å². The molecule has 0 bridgehead atoms. The molecule has 1 saturated carbocycles. The van der Waals surface area contributed by atoms with E-state index in [1.807, 2.05) is 6.07 Å². The van der Waals surface area contributed by atoms with Gasteiger partial charge in [-0.2, -0.15) is 0 Å². The van der Waals surface area contributed by atoms with Crippen LogP contribution in [0.5, 0.6) is 0 Å². The van der Waals surface area contributed by atoms with E-state index in [1.54, 1.807) is 24.3 Å². The summed E-state index contributed by atoms with van der Waals surface area (Å²) >= 11 is 0. The summed E-state index contributed by atoms with van der Waals surface area (Å²) in [6.07, 6.45) is 0.924. The van der Waals surface area contributed by atoms with Crippen LogP contribution in [-0.2, 0) is 5.67 Å². The maximum atomic E-state index is 14.3. The molecule has 14 heavy (non-hydrogen) atoms. The summed E-state index contributed by atoms with van der Waals surface area (Å²) in [6.45, 7) is 0. The van der Waals surface area contributed by atoms with Crippen LogP contribution in [0.1, 0.15) is 31.2 Å². The molecule has 1 aromatic rings. The predicted octanol–water partition coefficient (Wildman–Crippen LogP) is 3.76. The van der Waals surface area contributed by atoms with Crippen molar-refractivity contribution in [2.45, 2.75) is 37.5 Å². The summed E-state index contributed by atoms with van der Waals surface area (Å²) in [6, 6.07) is 8.70. The highest BCUT2D eigenvalue weighted by Crippen LogP contribution is 2.42. The highest BCUT2D eigenvalue weighted by Gasteiger charge is 2.42. The Morgan fingerprint density at radius 3 is 2.50 bits per heavy atom. The van der Waals surface area contributed by atoms with Gasteiger partial charge in [-0.05, 0) is 24.8 Å². The molecule has 0 N–H and O–H groups in total. The molecule has 1 aliphatic carbocycles. The maximum absolute atomic E-state index is 14.3. The fourth-order valence-electron chi connectivity index (χ4n) is 2.13. The molecule has 0 radical (unpaired) electrons. The third-order valence-electron chi connectivity index (χ3n) is 3.00. The van der Waals surface area contributed by atoms with Crippen LogP contribution in [0.15, 0.2) is 30.3 Å².